The summed E-state index contributed by atoms with van der Waals surface area (Å²) in [6.07, 6.45) is 1.87. The molecule has 0 aromatic heterocycles. The summed E-state index contributed by atoms with van der Waals surface area (Å²) < 4.78 is 0.428. The minimum absolute atomic E-state index is 0.113. The molecule has 0 atom stereocenters. The van der Waals surface area contributed by atoms with Gasteiger partial charge in [-0.15, -0.1) is 0 Å². The number of halogens is 1. The van der Waals surface area contributed by atoms with Crippen LogP contribution in [0.5, 0.6) is 5.75 Å². The molecule has 0 spiro atoms. The number of phenols is 1. The van der Waals surface area contributed by atoms with Crippen molar-refractivity contribution < 1.29 is 14.7 Å². The van der Waals surface area contributed by atoms with Crippen molar-refractivity contribution in [3.8, 4) is 5.75 Å². The van der Waals surface area contributed by atoms with Crippen molar-refractivity contribution in [1.82, 2.24) is 4.90 Å². The fraction of sp³-hybridized carbons (Fsp3) is 0.105. The molecule has 1 aliphatic rings. The number of carbonyl (C=O) groups excluding carboxylic acids is 2. The van der Waals surface area contributed by atoms with Crippen molar-refractivity contribution >= 4 is 63.5 Å². The van der Waals surface area contributed by atoms with Gasteiger partial charge < -0.3 is 10.4 Å². The van der Waals surface area contributed by atoms with E-state index in [0.717, 1.165) is 5.56 Å². The third-order valence-electron chi connectivity index (χ3n) is 3.75. The standard InChI is InChI=1S/C19H15ClN2O3S2/c20-13-3-1-12(2-4-13)11-16-18(25)22(19(26)27-16)10-9-17(24)21-14-5-7-15(23)8-6-14/h1-8,11,23H,9-10H2,(H,21,24)/b16-11+. The highest BCUT2D eigenvalue weighted by molar-refractivity contribution is 8.26. The molecule has 0 bridgehead atoms. The summed E-state index contributed by atoms with van der Waals surface area (Å²) in [6.45, 7) is 0.201. The Bertz CT molecular complexity index is 912. The van der Waals surface area contributed by atoms with Gasteiger partial charge in [0.25, 0.3) is 5.91 Å². The lowest BCUT2D eigenvalue weighted by molar-refractivity contribution is -0.122. The lowest BCUT2D eigenvalue weighted by Gasteiger charge is -2.14. The molecule has 2 amide bonds. The Balaban J connectivity index is 1.59. The second-order valence-electron chi connectivity index (χ2n) is 5.73. The summed E-state index contributed by atoms with van der Waals surface area (Å²) in [5, 5.41) is 12.6. The van der Waals surface area contributed by atoms with E-state index in [-0.39, 0.29) is 30.5 Å². The van der Waals surface area contributed by atoms with Crippen molar-refractivity contribution in [3.05, 3.63) is 64.0 Å². The topological polar surface area (TPSA) is 69.6 Å². The number of nitrogens with zero attached hydrogens (tertiary/aromatic N) is 1. The van der Waals surface area contributed by atoms with Crippen molar-refractivity contribution in [2.75, 3.05) is 11.9 Å². The molecule has 5 nitrogen and oxygen atoms in total. The zero-order valence-electron chi connectivity index (χ0n) is 14.0. The molecule has 2 aromatic rings. The SMILES string of the molecule is O=C(CCN1C(=O)/C(=C\c2ccc(Cl)cc2)SC1=S)Nc1ccc(O)cc1. The molecule has 2 aromatic carbocycles. The molecule has 0 radical (unpaired) electrons. The van der Waals surface area contributed by atoms with E-state index >= 15 is 0 Å². The summed E-state index contributed by atoms with van der Waals surface area (Å²) in [5.41, 5.74) is 1.43. The maximum absolute atomic E-state index is 12.6. The number of benzene rings is 2. The van der Waals surface area contributed by atoms with Crippen LogP contribution in [0.15, 0.2) is 53.4 Å². The predicted octanol–water partition coefficient (Wildman–Crippen LogP) is 4.28. The van der Waals surface area contributed by atoms with Crippen LogP contribution in [0.2, 0.25) is 5.02 Å². The number of hydrogen-bond acceptors (Lipinski definition) is 5. The number of amides is 2. The van der Waals surface area contributed by atoms with Crippen LogP contribution in [0.1, 0.15) is 12.0 Å². The third-order valence-corrected chi connectivity index (χ3v) is 5.38. The van der Waals surface area contributed by atoms with E-state index < -0.39 is 0 Å². The zero-order chi connectivity index (χ0) is 19.4. The number of aromatic hydroxyl groups is 1. The molecular weight excluding hydrogens is 404 g/mol. The Morgan fingerprint density at radius 1 is 1.19 bits per heavy atom. The van der Waals surface area contributed by atoms with Gasteiger partial charge in [-0.25, -0.2) is 0 Å². The Morgan fingerprint density at radius 2 is 1.85 bits per heavy atom. The molecule has 2 N–H and O–H groups in total. The van der Waals surface area contributed by atoms with Gasteiger partial charge in [-0.05, 0) is 48.0 Å². The second kappa shape index (κ2) is 8.56. The van der Waals surface area contributed by atoms with Gasteiger partial charge in [0, 0.05) is 23.7 Å². The molecule has 1 heterocycles. The van der Waals surface area contributed by atoms with Crippen LogP contribution < -0.4 is 5.32 Å². The first-order chi connectivity index (χ1) is 12.9. The average Bonchev–Trinajstić information content (AvgIpc) is 2.90. The fourth-order valence-electron chi connectivity index (χ4n) is 2.38. The van der Waals surface area contributed by atoms with Crippen LogP contribution in [0.3, 0.4) is 0 Å². The molecule has 27 heavy (non-hydrogen) atoms. The Kier molecular flexibility index (Phi) is 6.15. The Labute approximate surface area is 171 Å². The van der Waals surface area contributed by atoms with E-state index in [9.17, 15) is 14.7 Å². The lowest BCUT2D eigenvalue weighted by atomic mass is 10.2. The maximum Gasteiger partial charge on any atom is 0.266 e. The van der Waals surface area contributed by atoms with Crippen LogP contribution in [-0.2, 0) is 9.59 Å². The highest BCUT2D eigenvalue weighted by atomic mass is 35.5. The number of hydrogen-bond donors (Lipinski definition) is 2. The molecule has 8 heteroatoms. The van der Waals surface area contributed by atoms with Gasteiger partial charge in [0.05, 0.1) is 4.91 Å². The summed E-state index contributed by atoms with van der Waals surface area (Å²) >= 11 is 12.4. The lowest BCUT2D eigenvalue weighted by Crippen LogP contribution is -2.31. The summed E-state index contributed by atoms with van der Waals surface area (Å²) in [4.78, 5) is 26.6. The monoisotopic (exact) mass is 418 g/mol. The van der Waals surface area contributed by atoms with Crippen LogP contribution in [-0.4, -0.2) is 32.7 Å². The Hall–Kier alpha value is -2.35. The molecule has 0 aliphatic carbocycles. The first kappa shape index (κ1) is 19.4. The van der Waals surface area contributed by atoms with Crippen molar-refractivity contribution in [2.45, 2.75) is 6.42 Å². The van der Waals surface area contributed by atoms with Crippen molar-refractivity contribution in [1.29, 1.82) is 0 Å². The van der Waals surface area contributed by atoms with Gasteiger partial charge in [0.2, 0.25) is 5.91 Å². The van der Waals surface area contributed by atoms with E-state index in [2.05, 4.69) is 5.32 Å². The van der Waals surface area contributed by atoms with Gasteiger partial charge >= 0.3 is 0 Å². The summed E-state index contributed by atoms with van der Waals surface area (Å²) in [7, 11) is 0. The number of phenolic OH excluding ortho intramolecular Hbond substituents is 1. The number of rotatable bonds is 5. The van der Waals surface area contributed by atoms with E-state index in [1.807, 2.05) is 12.1 Å². The van der Waals surface area contributed by atoms with Crippen molar-refractivity contribution in [2.24, 2.45) is 0 Å². The van der Waals surface area contributed by atoms with Gasteiger partial charge in [0.15, 0.2) is 0 Å². The summed E-state index contributed by atoms with van der Waals surface area (Å²) in [6, 6.07) is 13.3. The normalized spacial score (nSPS) is 15.4. The average molecular weight is 419 g/mol. The molecule has 1 aliphatic heterocycles. The third kappa shape index (κ3) is 5.09. The highest BCUT2D eigenvalue weighted by Crippen LogP contribution is 2.32. The quantitative estimate of drug-likeness (QED) is 0.431. The van der Waals surface area contributed by atoms with Crippen LogP contribution in [0.4, 0.5) is 5.69 Å². The minimum atomic E-state index is -0.239. The molecule has 3 rings (SSSR count). The first-order valence-electron chi connectivity index (χ1n) is 8.02. The van der Waals surface area contributed by atoms with Crippen LogP contribution in [0, 0.1) is 0 Å². The molecule has 0 saturated carbocycles. The fourth-order valence-corrected chi connectivity index (χ4v) is 3.82. The first-order valence-corrected chi connectivity index (χ1v) is 9.62. The van der Waals surface area contributed by atoms with E-state index in [1.165, 1.54) is 28.8 Å². The number of thioether (sulfide) groups is 1. The van der Waals surface area contributed by atoms with Gasteiger partial charge in [0.1, 0.15) is 10.1 Å². The molecule has 1 fully saturated rings. The zero-order valence-corrected chi connectivity index (χ0v) is 16.4. The molecule has 138 valence electrons. The number of thiocarbonyl (C=S) groups is 1. The minimum Gasteiger partial charge on any atom is -0.508 e. The number of carbonyl (C=O) groups is 2. The van der Waals surface area contributed by atoms with Crippen LogP contribution in [0.25, 0.3) is 6.08 Å². The van der Waals surface area contributed by atoms with Gasteiger partial charge in [-0.3, -0.25) is 14.5 Å². The van der Waals surface area contributed by atoms with E-state index in [0.29, 0.717) is 19.9 Å². The molecular formula is C19H15ClN2O3S2. The highest BCUT2D eigenvalue weighted by Gasteiger charge is 2.32. The second-order valence-corrected chi connectivity index (χ2v) is 7.84. The van der Waals surface area contributed by atoms with E-state index in [1.54, 1.807) is 30.3 Å². The van der Waals surface area contributed by atoms with Gasteiger partial charge in [-0.1, -0.05) is 47.7 Å². The van der Waals surface area contributed by atoms with Gasteiger partial charge in [-0.2, -0.15) is 0 Å². The largest absolute Gasteiger partial charge is 0.508 e. The number of nitrogens with one attached hydrogen (secondary N) is 1. The summed E-state index contributed by atoms with van der Waals surface area (Å²) in [5.74, 6) is -0.327. The molecule has 0 unspecified atom stereocenters. The van der Waals surface area contributed by atoms with E-state index in [4.69, 9.17) is 23.8 Å². The smallest absolute Gasteiger partial charge is 0.266 e. The maximum atomic E-state index is 12.6. The number of anilines is 1. The van der Waals surface area contributed by atoms with Crippen molar-refractivity contribution in [3.63, 3.8) is 0 Å². The predicted molar refractivity (Wildman–Crippen MR) is 113 cm³/mol. The molecule has 1 saturated heterocycles. The Morgan fingerprint density at radius 3 is 2.52 bits per heavy atom. The van der Waals surface area contributed by atoms with Crippen LogP contribution >= 0.6 is 35.6 Å².